The molecule has 0 radical (unpaired) electrons. The average molecular weight is 317 g/mol. The van der Waals surface area contributed by atoms with Crippen LogP contribution in [-0.4, -0.2) is 16.4 Å². The molecule has 0 spiro atoms. The van der Waals surface area contributed by atoms with Gasteiger partial charge in [-0.15, -0.1) is 0 Å². The van der Waals surface area contributed by atoms with Crippen LogP contribution >= 0.6 is 0 Å². The van der Waals surface area contributed by atoms with Gasteiger partial charge in [0.25, 0.3) is 0 Å². The molecule has 0 saturated heterocycles. The number of aliphatic hydroxyl groups excluding tert-OH is 1. The second-order valence-electron chi connectivity index (χ2n) is 5.55. The molecule has 2 N–H and O–H groups in total. The third-order valence-electron chi connectivity index (χ3n) is 3.89. The van der Waals surface area contributed by atoms with Crippen LogP contribution in [0.5, 0.6) is 5.75 Å². The molecular formula is C21H19NO2. The number of para-hydroxylation sites is 1. The summed E-state index contributed by atoms with van der Waals surface area (Å²) in [5.74, 6) is 0.169. The molecule has 0 amide bonds. The molecular weight excluding hydrogens is 298 g/mol. The Labute approximate surface area is 141 Å². The second-order valence-corrected chi connectivity index (χ2v) is 5.55. The van der Waals surface area contributed by atoms with Crippen LogP contribution in [0.25, 0.3) is 0 Å². The maximum Gasteiger partial charge on any atom is 0.124 e. The van der Waals surface area contributed by atoms with E-state index in [2.05, 4.69) is 4.99 Å². The van der Waals surface area contributed by atoms with E-state index in [1.807, 2.05) is 66.7 Å². The minimum Gasteiger partial charge on any atom is -0.507 e. The molecule has 3 rings (SSSR count). The van der Waals surface area contributed by atoms with Gasteiger partial charge >= 0.3 is 0 Å². The lowest BCUT2D eigenvalue weighted by Crippen LogP contribution is -2.09. The summed E-state index contributed by atoms with van der Waals surface area (Å²) >= 11 is 0. The van der Waals surface area contributed by atoms with Gasteiger partial charge in [-0.3, -0.25) is 4.99 Å². The van der Waals surface area contributed by atoms with Crippen molar-refractivity contribution in [3.05, 3.63) is 102 Å². The first kappa shape index (κ1) is 16.0. The van der Waals surface area contributed by atoms with Crippen molar-refractivity contribution in [1.82, 2.24) is 0 Å². The molecule has 2 atom stereocenters. The monoisotopic (exact) mass is 317 g/mol. The molecule has 0 fully saturated rings. The Morgan fingerprint density at radius 2 is 1.25 bits per heavy atom. The lowest BCUT2D eigenvalue weighted by atomic mass is 9.96. The van der Waals surface area contributed by atoms with Crippen LogP contribution < -0.4 is 0 Å². The summed E-state index contributed by atoms with van der Waals surface area (Å²) in [6, 6.07) is 25.7. The van der Waals surface area contributed by atoms with Crippen LogP contribution in [0.4, 0.5) is 0 Å². The fraction of sp³-hybridized carbons (Fsp3) is 0.0952. The van der Waals surface area contributed by atoms with Crippen LogP contribution in [0, 0.1) is 0 Å². The summed E-state index contributed by atoms with van der Waals surface area (Å²) in [6.07, 6.45) is 0.842. The number of hydrogen-bond donors (Lipinski definition) is 2. The van der Waals surface area contributed by atoms with Crippen molar-refractivity contribution in [2.45, 2.75) is 12.1 Å². The molecule has 3 aromatic rings. The highest BCUT2D eigenvalue weighted by Gasteiger charge is 2.21. The van der Waals surface area contributed by atoms with Gasteiger partial charge < -0.3 is 10.2 Å². The number of hydrogen-bond acceptors (Lipinski definition) is 3. The highest BCUT2D eigenvalue weighted by Crippen LogP contribution is 2.32. The van der Waals surface area contributed by atoms with Crippen molar-refractivity contribution in [2.24, 2.45) is 4.99 Å². The Hall–Kier alpha value is -2.91. The zero-order valence-electron chi connectivity index (χ0n) is 13.2. The molecule has 0 heterocycles. The first-order valence-electron chi connectivity index (χ1n) is 7.85. The molecule has 3 aromatic carbocycles. The fourth-order valence-corrected chi connectivity index (χ4v) is 2.59. The molecule has 0 aliphatic rings. The highest BCUT2D eigenvalue weighted by molar-refractivity contribution is 5.83. The van der Waals surface area contributed by atoms with Crippen LogP contribution in [0.1, 0.15) is 28.8 Å². The number of phenolic OH excluding ortho intramolecular Hbond substituents is 1. The molecule has 0 saturated carbocycles. The summed E-state index contributed by atoms with van der Waals surface area (Å²) in [7, 11) is 0. The van der Waals surface area contributed by atoms with Gasteiger partial charge in [0, 0.05) is 11.8 Å². The minimum atomic E-state index is -0.768. The predicted octanol–water partition coefficient (Wildman–Crippen LogP) is 4.29. The first-order chi connectivity index (χ1) is 11.8. The Morgan fingerprint density at radius 1 is 0.708 bits per heavy atom. The summed E-state index contributed by atoms with van der Waals surface area (Å²) < 4.78 is 0. The van der Waals surface area contributed by atoms with Gasteiger partial charge in [-0.1, -0.05) is 72.8 Å². The Morgan fingerprint density at radius 3 is 1.88 bits per heavy atom. The summed E-state index contributed by atoms with van der Waals surface area (Å²) in [6.45, 7) is 0. The number of aromatic hydroxyl groups is 1. The highest BCUT2D eigenvalue weighted by atomic mass is 16.3. The molecule has 120 valence electrons. The molecule has 0 bridgehead atoms. The topological polar surface area (TPSA) is 52.8 Å². The summed E-state index contributed by atoms with van der Waals surface area (Å²) in [5.41, 5.74) is 2.35. The number of phenols is 1. The van der Waals surface area contributed by atoms with E-state index in [0.29, 0.717) is 5.56 Å². The van der Waals surface area contributed by atoms with E-state index in [4.69, 9.17) is 0 Å². The van der Waals surface area contributed by atoms with E-state index < -0.39 is 12.1 Å². The maximum atomic E-state index is 10.8. The van der Waals surface area contributed by atoms with Crippen molar-refractivity contribution in [1.29, 1.82) is 0 Å². The van der Waals surface area contributed by atoms with E-state index in [9.17, 15) is 10.2 Å². The molecule has 3 nitrogen and oxygen atoms in total. The normalized spacial score (nSPS) is 13.7. The van der Waals surface area contributed by atoms with Gasteiger partial charge in [-0.25, -0.2) is 0 Å². The van der Waals surface area contributed by atoms with Crippen LogP contribution in [0.15, 0.2) is 89.9 Å². The lowest BCUT2D eigenvalue weighted by molar-refractivity contribution is 0.148. The molecule has 3 heteroatoms. The van der Waals surface area contributed by atoms with Crippen molar-refractivity contribution in [2.75, 3.05) is 0 Å². The zero-order valence-corrected chi connectivity index (χ0v) is 13.2. The van der Waals surface area contributed by atoms with Crippen molar-refractivity contribution in [3.8, 4) is 5.75 Å². The van der Waals surface area contributed by atoms with Gasteiger partial charge in [0.15, 0.2) is 0 Å². The maximum absolute atomic E-state index is 10.8. The zero-order chi connectivity index (χ0) is 16.8. The summed E-state index contributed by atoms with van der Waals surface area (Å²) in [4.78, 5) is 4.57. The molecule has 0 aliphatic heterocycles. The fourth-order valence-electron chi connectivity index (χ4n) is 2.59. The molecule has 0 aromatic heterocycles. The van der Waals surface area contributed by atoms with E-state index >= 15 is 0 Å². The Balaban J connectivity index is 1.95. The number of rotatable bonds is 5. The van der Waals surface area contributed by atoms with E-state index in [-0.39, 0.29) is 5.75 Å². The molecule has 0 unspecified atom stereocenters. The van der Waals surface area contributed by atoms with Crippen LogP contribution in [0.2, 0.25) is 0 Å². The predicted molar refractivity (Wildman–Crippen MR) is 96.3 cm³/mol. The SMILES string of the molecule is Oc1ccccc1C=N[C@H](c1ccccc1)[C@@H](O)c1ccccc1. The lowest BCUT2D eigenvalue weighted by Gasteiger charge is -2.20. The van der Waals surface area contributed by atoms with Gasteiger partial charge in [-0.05, 0) is 23.3 Å². The standard InChI is InChI=1S/C21H19NO2/c23-19-14-8-7-13-18(19)15-22-20(16-9-3-1-4-10-16)21(24)17-11-5-2-6-12-17/h1-15,20-21,23-24H/t20-,21+/m1/s1. The average Bonchev–Trinajstić information content (AvgIpc) is 2.65. The number of benzene rings is 3. The van der Waals surface area contributed by atoms with Gasteiger partial charge in [0.05, 0.1) is 0 Å². The van der Waals surface area contributed by atoms with Crippen molar-refractivity contribution >= 4 is 6.21 Å². The first-order valence-corrected chi connectivity index (χ1v) is 7.85. The Bertz CT molecular complexity index is 800. The second kappa shape index (κ2) is 7.57. The van der Waals surface area contributed by atoms with Crippen LogP contribution in [0.3, 0.4) is 0 Å². The molecule has 24 heavy (non-hydrogen) atoms. The van der Waals surface area contributed by atoms with E-state index in [1.165, 1.54) is 0 Å². The largest absolute Gasteiger partial charge is 0.507 e. The van der Waals surface area contributed by atoms with Gasteiger partial charge in [0.2, 0.25) is 0 Å². The number of aliphatic hydroxyl groups is 1. The smallest absolute Gasteiger partial charge is 0.124 e. The van der Waals surface area contributed by atoms with Crippen molar-refractivity contribution in [3.63, 3.8) is 0 Å². The third kappa shape index (κ3) is 3.70. The molecule has 0 aliphatic carbocycles. The Kier molecular flexibility index (Phi) is 5.04. The van der Waals surface area contributed by atoms with Crippen molar-refractivity contribution < 1.29 is 10.2 Å². The minimum absolute atomic E-state index is 0.169. The van der Waals surface area contributed by atoms with Gasteiger partial charge in [-0.2, -0.15) is 0 Å². The van der Waals surface area contributed by atoms with E-state index in [1.54, 1.807) is 24.4 Å². The van der Waals surface area contributed by atoms with E-state index in [0.717, 1.165) is 11.1 Å². The third-order valence-corrected chi connectivity index (χ3v) is 3.89. The summed E-state index contributed by atoms with van der Waals surface area (Å²) in [5, 5.41) is 20.7. The van der Waals surface area contributed by atoms with Gasteiger partial charge in [0.1, 0.15) is 17.9 Å². The quantitative estimate of drug-likeness (QED) is 0.690. The number of nitrogens with zero attached hydrogens (tertiary/aromatic N) is 1. The number of aliphatic imine (C=N–C) groups is 1. The van der Waals surface area contributed by atoms with Crippen LogP contribution in [-0.2, 0) is 0 Å².